The van der Waals surface area contributed by atoms with Crippen LogP contribution in [-0.4, -0.2) is 31.4 Å². The van der Waals surface area contributed by atoms with E-state index in [2.05, 4.69) is 15.4 Å². The highest BCUT2D eigenvalue weighted by Gasteiger charge is 2.39. The highest BCUT2D eigenvalue weighted by atomic mass is 19.1. The van der Waals surface area contributed by atoms with Gasteiger partial charge in [-0.25, -0.2) is 4.39 Å². The number of rotatable bonds is 5. The van der Waals surface area contributed by atoms with Crippen molar-refractivity contribution >= 4 is 23.5 Å². The molecule has 0 bridgehead atoms. The van der Waals surface area contributed by atoms with Crippen LogP contribution in [0.1, 0.15) is 23.7 Å². The maximum Gasteiger partial charge on any atom is 0.325 e. The van der Waals surface area contributed by atoms with E-state index in [-0.39, 0.29) is 29.6 Å². The summed E-state index contributed by atoms with van der Waals surface area (Å²) in [5, 5.41) is 4.94. The molecule has 1 aliphatic rings. The average Bonchev–Trinajstić information content (AvgIpc) is 3.23. The summed E-state index contributed by atoms with van der Waals surface area (Å²) in [5.41, 5.74) is 0.179. The molecule has 0 aromatic heterocycles. The maximum atomic E-state index is 13.4. The second kappa shape index (κ2) is 6.55. The summed E-state index contributed by atoms with van der Waals surface area (Å²) in [6, 6.07) is 3.49. The first-order chi connectivity index (χ1) is 10.4. The summed E-state index contributed by atoms with van der Waals surface area (Å²) in [6.45, 7) is 1.62. The zero-order chi connectivity index (χ0) is 16.3. The minimum absolute atomic E-state index is 0.0365. The summed E-state index contributed by atoms with van der Waals surface area (Å²) in [4.78, 5) is 35.0. The van der Waals surface area contributed by atoms with Gasteiger partial charge in [0.05, 0.1) is 18.4 Å². The third kappa shape index (κ3) is 3.81. The monoisotopic (exact) mass is 308 g/mol. The Labute approximate surface area is 127 Å². The lowest BCUT2D eigenvalue weighted by molar-refractivity contribution is -0.139. The van der Waals surface area contributed by atoms with Gasteiger partial charge < -0.3 is 15.4 Å². The molecule has 2 rings (SSSR count). The highest BCUT2D eigenvalue weighted by Crippen LogP contribution is 2.38. The van der Waals surface area contributed by atoms with Crippen LogP contribution in [0.5, 0.6) is 0 Å². The molecule has 2 atom stereocenters. The number of carbonyl (C=O) groups excluding carboxylic acids is 3. The van der Waals surface area contributed by atoms with Crippen LogP contribution in [0.4, 0.5) is 10.1 Å². The van der Waals surface area contributed by atoms with E-state index in [4.69, 9.17) is 0 Å². The Morgan fingerprint density at radius 3 is 2.64 bits per heavy atom. The Morgan fingerprint density at radius 1 is 1.36 bits per heavy atom. The zero-order valence-electron chi connectivity index (χ0n) is 12.3. The number of nitrogens with one attached hydrogen (secondary N) is 2. The molecule has 0 aliphatic heterocycles. The summed E-state index contributed by atoms with van der Waals surface area (Å²) in [5.74, 6) is -1.85. The summed E-state index contributed by atoms with van der Waals surface area (Å²) in [7, 11) is 1.19. The second-order valence-corrected chi connectivity index (χ2v) is 5.26. The van der Waals surface area contributed by atoms with Crippen LogP contribution in [0.3, 0.4) is 0 Å². The van der Waals surface area contributed by atoms with Gasteiger partial charge in [0.25, 0.3) is 5.91 Å². The third-order valence-electron chi connectivity index (χ3n) is 3.55. The Kier molecular flexibility index (Phi) is 4.75. The van der Waals surface area contributed by atoms with E-state index < -0.39 is 17.7 Å². The fourth-order valence-corrected chi connectivity index (χ4v) is 2.05. The van der Waals surface area contributed by atoms with Crippen molar-refractivity contribution in [1.82, 2.24) is 5.32 Å². The molecule has 0 heterocycles. The van der Waals surface area contributed by atoms with Crippen molar-refractivity contribution in [3.63, 3.8) is 0 Å². The molecular formula is C15H17FN2O4. The molecule has 7 heteroatoms. The van der Waals surface area contributed by atoms with Gasteiger partial charge in [-0.3, -0.25) is 14.4 Å². The number of hydrogen-bond donors (Lipinski definition) is 2. The molecule has 0 radical (unpaired) electrons. The van der Waals surface area contributed by atoms with Gasteiger partial charge in [0.2, 0.25) is 5.91 Å². The molecule has 2 N–H and O–H groups in total. The Hall–Kier alpha value is -2.44. The van der Waals surface area contributed by atoms with Crippen molar-refractivity contribution in [2.45, 2.75) is 13.3 Å². The molecule has 1 fully saturated rings. The van der Waals surface area contributed by atoms with Crippen molar-refractivity contribution in [1.29, 1.82) is 0 Å². The number of halogens is 1. The van der Waals surface area contributed by atoms with E-state index in [1.54, 1.807) is 0 Å². The number of anilines is 1. The van der Waals surface area contributed by atoms with Crippen LogP contribution in [0.25, 0.3) is 0 Å². The Bertz CT molecular complexity index is 618. The topological polar surface area (TPSA) is 84.5 Å². The fraction of sp³-hybridized carbons (Fsp3) is 0.400. The first-order valence-corrected chi connectivity index (χ1v) is 6.87. The van der Waals surface area contributed by atoms with Gasteiger partial charge in [0.1, 0.15) is 12.4 Å². The minimum Gasteiger partial charge on any atom is -0.468 e. The molecule has 22 heavy (non-hydrogen) atoms. The molecule has 1 aliphatic carbocycles. The second-order valence-electron chi connectivity index (χ2n) is 5.26. The predicted octanol–water partition coefficient (Wildman–Crippen LogP) is 1.32. The number of methoxy groups -OCH3 is 1. The molecule has 1 aromatic carbocycles. The van der Waals surface area contributed by atoms with Crippen LogP contribution in [0.2, 0.25) is 0 Å². The van der Waals surface area contributed by atoms with Crippen molar-refractivity contribution in [2.75, 3.05) is 19.0 Å². The molecular weight excluding hydrogens is 291 g/mol. The molecule has 1 aromatic rings. The van der Waals surface area contributed by atoms with Crippen molar-refractivity contribution in [3.05, 3.63) is 29.6 Å². The van der Waals surface area contributed by atoms with Gasteiger partial charge in [-0.05, 0) is 30.5 Å². The Morgan fingerprint density at radius 2 is 2.05 bits per heavy atom. The number of benzene rings is 1. The Balaban J connectivity index is 2.11. The van der Waals surface area contributed by atoms with Gasteiger partial charge in [0, 0.05) is 5.92 Å². The fourth-order valence-electron chi connectivity index (χ4n) is 2.05. The predicted molar refractivity (Wildman–Crippen MR) is 76.6 cm³/mol. The number of esters is 1. The molecule has 2 amide bonds. The van der Waals surface area contributed by atoms with Gasteiger partial charge in [-0.1, -0.05) is 6.92 Å². The van der Waals surface area contributed by atoms with E-state index in [0.717, 1.165) is 18.6 Å². The summed E-state index contributed by atoms with van der Waals surface area (Å²) >= 11 is 0. The normalized spacial score (nSPS) is 19.2. The lowest BCUT2D eigenvalue weighted by Gasteiger charge is -2.11. The zero-order valence-corrected chi connectivity index (χ0v) is 12.3. The van der Waals surface area contributed by atoms with Crippen LogP contribution >= 0.6 is 0 Å². The smallest absolute Gasteiger partial charge is 0.325 e. The molecule has 118 valence electrons. The van der Waals surface area contributed by atoms with Gasteiger partial charge in [-0.15, -0.1) is 0 Å². The number of hydrogen-bond acceptors (Lipinski definition) is 4. The van der Waals surface area contributed by atoms with E-state index >= 15 is 0 Å². The first kappa shape index (κ1) is 15.9. The molecule has 6 nitrogen and oxygen atoms in total. The van der Waals surface area contributed by atoms with Gasteiger partial charge in [0.15, 0.2) is 0 Å². The van der Waals surface area contributed by atoms with E-state index in [0.29, 0.717) is 5.92 Å². The van der Waals surface area contributed by atoms with E-state index in [9.17, 15) is 18.8 Å². The number of carbonyl (C=O) groups is 3. The molecule has 1 saturated carbocycles. The highest BCUT2D eigenvalue weighted by molar-refractivity contribution is 6.05. The SMILES string of the molecule is COC(=O)CNC(=O)c1cc(F)ccc1NC(=O)C1CC1C. The largest absolute Gasteiger partial charge is 0.468 e. The van der Waals surface area contributed by atoms with Gasteiger partial charge >= 0.3 is 5.97 Å². The summed E-state index contributed by atoms with van der Waals surface area (Å²) < 4.78 is 17.8. The van der Waals surface area contributed by atoms with Gasteiger partial charge in [-0.2, -0.15) is 0 Å². The van der Waals surface area contributed by atoms with Crippen LogP contribution in [0, 0.1) is 17.7 Å². The van der Waals surface area contributed by atoms with Crippen LogP contribution in [-0.2, 0) is 14.3 Å². The van der Waals surface area contributed by atoms with Crippen molar-refractivity contribution in [3.8, 4) is 0 Å². The number of ether oxygens (including phenoxy) is 1. The summed E-state index contributed by atoms with van der Waals surface area (Å²) in [6.07, 6.45) is 0.802. The molecule has 2 unspecified atom stereocenters. The van der Waals surface area contributed by atoms with Crippen LogP contribution < -0.4 is 10.6 Å². The quantitative estimate of drug-likeness (QED) is 0.804. The van der Waals surface area contributed by atoms with Crippen molar-refractivity contribution in [2.24, 2.45) is 11.8 Å². The first-order valence-electron chi connectivity index (χ1n) is 6.87. The molecule has 0 spiro atoms. The lowest BCUT2D eigenvalue weighted by Crippen LogP contribution is -2.31. The standard InChI is InChI=1S/C15H17FN2O4/c1-8-5-10(8)15(21)18-12-4-3-9(16)6-11(12)14(20)17-7-13(19)22-2/h3-4,6,8,10H,5,7H2,1-2H3,(H,17,20)(H,18,21). The lowest BCUT2D eigenvalue weighted by atomic mass is 10.1. The number of amides is 2. The maximum absolute atomic E-state index is 13.4. The third-order valence-corrected chi connectivity index (χ3v) is 3.55. The van der Waals surface area contributed by atoms with Crippen LogP contribution in [0.15, 0.2) is 18.2 Å². The minimum atomic E-state index is -0.663. The van der Waals surface area contributed by atoms with E-state index in [1.807, 2.05) is 6.92 Å². The average molecular weight is 308 g/mol. The molecule has 0 saturated heterocycles. The van der Waals surface area contributed by atoms with E-state index in [1.165, 1.54) is 13.2 Å². The van der Waals surface area contributed by atoms with Crippen molar-refractivity contribution < 1.29 is 23.5 Å².